The molecule has 6 N–H and O–H groups in total. The predicted molar refractivity (Wildman–Crippen MR) is 120 cm³/mol. The quantitative estimate of drug-likeness (QED) is 0.101. The maximum atomic E-state index is 12.2. The number of aliphatic hydroxyl groups is 4. The van der Waals surface area contributed by atoms with Crippen molar-refractivity contribution in [3.8, 4) is 11.8 Å². The Hall–Kier alpha value is -0.620. The van der Waals surface area contributed by atoms with Crippen LogP contribution in [0.1, 0.15) is 12.5 Å². The predicted octanol–water partition coefficient (Wildman–Crippen LogP) is -10.9. The van der Waals surface area contributed by atoms with Gasteiger partial charge in [0.05, 0.1) is 13.2 Å². The van der Waals surface area contributed by atoms with Gasteiger partial charge in [-0.3, -0.25) is 18.2 Å². The summed E-state index contributed by atoms with van der Waals surface area (Å²) in [6.45, 7) is -2.04. The molecule has 2 aliphatic rings. The van der Waals surface area contributed by atoms with E-state index in [1.54, 1.807) is 0 Å². The second-order valence-corrected chi connectivity index (χ2v) is 11.7. The van der Waals surface area contributed by atoms with Crippen molar-refractivity contribution in [1.82, 2.24) is 19.1 Å². The number of nitrogens with zero attached hydrogens (tertiary/aromatic N) is 4. The minimum Gasteiger partial charge on any atom is -0.858 e. The summed E-state index contributed by atoms with van der Waals surface area (Å²) < 4.78 is 49.5. The van der Waals surface area contributed by atoms with E-state index in [1.807, 2.05) is 0 Å². The van der Waals surface area contributed by atoms with Crippen molar-refractivity contribution in [2.45, 2.75) is 49.1 Å². The van der Waals surface area contributed by atoms with Gasteiger partial charge in [-0.25, -0.2) is 28.7 Å². The number of aromatic nitrogens is 4. The van der Waals surface area contributed by atoms with Crippen LogP contribution in [-0.2, 0) is 32.0 Å². The van der Waals surface area contributed by atoms with Crippen molar-refractivity contribution >= 4 is 15.6 Å². The standard InChI is InChI=1S/C18H24N4O17P2.2Na/c23-9-1-3-21(17(29)19-9)15-13(27)11(25)7(37-15)5-35-40(31,32)39-41(33,34)36-6-8-12(26)14(28)16(38-8)22-4-2-10(24)20-18(22)30;;/h1-4,7-8,11-16,25-28H,5-6H2,(H,31,32)(H,33,34)(H,19,23,29)(H,20,24,30);;/q;2*+1/p-2/t7-,8-,11-,12-,13-,14-,15-,16-;;/m1../s1. The Balaban J connectivity index is 0.00000323. The smallest absolute Gasteiger partial charge is 0.858 e. The molecule has 2 aromatic heterocycles. The Morgan fingerprint density at radius 1 is 0.744 bits per heavy atom. The second kappa shape index (κ2) is 15.3. The number of phosphoric acid groups is 2. The zero-order valence-corrected chi connectivity index (χ0v) is 28.0. The van der Waals surface area contributed by atoms with Gasteiger partial charge in [0.1, 0.15) is 36.6 Å². The molecule has 0 saturated carbocycles. The van der Waals surface area contributed by atoms with Crippen molar-refractivity contribution < 1.29 is 132 Å². The zero-order valence-electron chi connectivity index (χ0n) is 22.2. The van der Waals surface area contributed by atoms with E-state index in [-0.39, 0.29) is 59.1 Å². The van der Waals surface area contributed by atoms with Gasteiger partial charge in [0.15, 0.2) is 12.5 Å². The van der Waals surface area contributed by atoms with Crippen LogP contribution in [0.15, 0.2) is 34.1 Å². The van der Waals surface area contributed by atoms with Gasteiger partial charge < -0.3 is 49.9 Å². The number of ether oxygens (including phenoxy) is 2. The molecule has 0 bridgehead atoms. The minimum atomic E-state index is -5.45. The molecule has 4 rings (SSSR count). The summed E-state index contributed by atoms with van der Waals surface area (Å²) in [5.74, 6) is -1.75. The van der Waals surface area contributed by atoms with Gasteiger partial charge in [0.2, 0.25) is 0 Å². The van der Waals surface area contributed by atoms with E-state index < -0.39 is 101 Å². The summed E-state index contributed by atoms with van der Waals surface area (Å²) in [4.78, 5) is 49.7. The van der Waals surface area contributed by atoms with Crippen molar-refractivity contribution in [1.29, 1.82) is 0 Å². The van der Waals surface area contributed by atoms with E-state index in [2.05, 4.69) is 23.3 Å². The van der Waals surface area contributed by atoms with Crippen LogP contribution < -0.4 is 80.7 Å². The first kappa shape index (κ1) is 38.6. The van der Waals surface area contributed by atoms with E-state index in [0.29, 0.717) is 9.13 Å². The van der Waals surface area contributed by atoms with Crippen LogP contribution in [0.4, 0.5) is 0 Å². The SMILES string of the molecule is O=c1nc([O-])ccn1[C@@H]1O[C@H](COP(=O)(O)OP(=O)(O)OC[C@H]2O[C@@H](n3ccc([O-])nc3=O)[C@H](O)[C@@H]2O)[C@@H](O)[C@H]1O.[Na+].[Na+]. The first-order chi connectivity index (χ1) is 19.1. The van der Waals surface area contributed by atoms with Gasteiger partial charge in [-0.1, -0.05) is 0 Å². The van der Waals surface area contributed by atoms with Crippen LogP contribution in [0.25, 0.3) is 0 Å². The van der Waals surface area contributed by atoms with Crippen LogP contribution in [0.2, 0.25) is 0 Å². The van der Waals surface area contributed by atoms with Gasteiger partial charge in [-0.2, -0.15) is 4.31 Å². The van der Waals surface area contributed by atoms with Crippen LogP contribution >= 0.6 is 15.6 Å². The van der Waals surface area contributed by atoms with E-state index in [0.717, 1.165) is 24.5 Å². The van der Waals surface area contributed by atoms with E-state index in [9.17, 15) is 59.1 Å². The Bertz CT molecular complexity index is 1370. The molecule has 25 heteroatoms. The van der Waals surface area contributed by atoms with Crippen LogP contribution in [0.5, 0.6) is 11.8 Å². The summed E-state index contributed by atoms with van der Waals surface area (Å²) in [6.07, 6.45) is -11.6. The van der Waals surface area contributed by atoms with Crippen molar-refractivity contribution in [2.75, 3.05) is 13.2 Å². The molecule has 0 spiro atoms. The molecule has 2 aromatic rings. The summed E-state index contributed by atoms with van der Waals surface area (Å²) >= 11 is 0. The molecule has 0 aromatic carbocycles. The average molecular weight is 674 g/mol. The van der Waals surface area contributed by atoms with Gasteiger partial charge in [-0.15, -0.1) is 0 Å². The molecule has 10 atom stereocenters. The van der Waals surface area contributed by atoms with Crippen LogP contribution in [-0.4, -0.2) is 99.2 Å². The monoisotopic (exact) mass is 674 g/mol. The van der Waals surface area contributed by atoms with Crippen molar-refractivity contribution in [2.24, 2.45) is 0 Å². The van der Waals surface area contributed by atoms with Crippen molar-refractivity contribution in [3.63, 3.8) is 0 Å². The van der Waals surface area contributed by atoms with Crippen molar-refractivity contribution in [3.05, 3.63) is 45.5 Å². The molecule has 0 radical (unpaired) electrons. The fourth-order valence-electron chi connectivity index (χ4n) is 3.89. The molecule has 2 unspecified atom stereocenters. The first-order valence-corrected chi connectivity index (χ1v) is 14.3. The van der Waals surface area contributed by atoms with Gasteiger partial charge in [0.25, 0.3) is 0 Å². The zero-order chi connectivity index (χ0) is 30.3. The summed E-state index contributed by atoms with van der Waals surface area (Å²) in [5, 5.41) is 63.0. The number of phosphoric ester groups is 2. The first-order valence-electron chi connectivity index (χ1n) is 11.3. The molecule has 4 heterocycles. The Kier molecular flexibility index (Phi) is 13.7. The third kappa shape index (κ3) is 9.23. The third-order valence-electron chi connectivity index (χ3n) is 5.84. The molecular weight excluding hydrogens is 652 g/mol. The normalized spacial score (nSPS) is 31.4. The topological polar surface area (TPSA) is 318 Å². The van der Waals surface area contributed by atoms with E-state index in [1.165, 1.54) is 0 Å². The summed E-state index contributed by atoms with van der Waals surface area (Å²) in [6, 6.07) is 1.75. The Morgan fingerprint density at radius 2 is 1.09 bits per heavy atom. The fraction of sp³-hybridized carbons (Fsp3) is 0.556. The molecule has 0 amide bonds. The van der Waals surface area contributed by atoms with Gasteiger partial charge in [0, 0.05) is 12.4 Å². The van der Waals surface area contributed by atoms with Crippen LogP contribution in [0.3, 0.4) is 0 Å². The number of hydrogen-bond donors (Lipinski definition) is 6. The molecule has 2 saturated heterocycles. The minimum absolute atomic E-state index is 0. The number of rotatable bonds is 10. The Labute approximate surface area is 284 Å². The Morgan fingerprint density at radius 3 is 1.42 bits per heavy atom. The van der Waals surface area contributed by atoms with E-state index >= 15 is 0 Å². The number of hydrogen-bond acceptors (Lipinski definition) is 17. The maximum absolute atomic E-state index is 12.2. The molecule has 2 aliphatic heterocycles. The van der Waals surface area contributed by atoms with Gasteiger partial charge >= 0.3 is 86.1 Å². The molecule has 0 aliphatic carbocycles. The number of aliphatic hydroxyl groups excluding tert-OH is 4. The average Bonchev–Trinajstić information content (AvgIpc) is 3.31. The van der Waals surface area contributed by atoms with Crippen LogP contribution in [0, 0.1) is 0 Å². The molecule has 2 fully saturated rings. The molecule has 228 valence electrons. The molecule has 21 nitrogen and oxygen atoms in total. The third-order valence-corrected chi connectivity index (χ3v) is 8.44. The summed E-state index contributed by atoms with van der Waals surface area (Å²) in [5.41, 5.74) is -2.24. The van der Waals surface area contributed by atoms with Gasteiger partial charge in [-0.05, 0) is 23.9 Å². The maximum Gasteiger partial charge on any atom is 1.00 e. The van der Waals surface area contributed by atoms with E-state index in [4.69, 9.17) is 9.47 Å². The molecule has 43 heavy (non-hydrogen) atoms. The fourth-order valence-corrected chi connectivity index (χ4v) is 5.98. The second-order valence-electron chi connectivity index (χ2n) is 8.61. The largest absolute Gasteiger partial charge is 1.00 e. The molecular formula is C18H22N4Na2O17P2. The summed E-state index contributed by atoms with van der Waals surface area (Å²) in [7, 11) is -10.9.